The summed E-state index contributed by atoms with van der Waals surface area (Å²) >= 11 is 0. The molecule has 0 bridgehead atoms. The van der Waals surface area contributed by atoms with E-state index in [1.807, 2.05) is 9.47 Å². The van der Waals surface area contributed by atoms with E-state index in [-0.39, 0.29) is 24.8 Å². The van der Waals surface area contributed by atoms with E-state index in [9.17, 15) is 14.4 Å². The quantitative estimate of drug-likeness (QED) is 0.742. The predicted molar refractivity (Wildman–Crippen MR) is 95.2 cm³/mol. The highest BCUT2D eigenvalue weighted by atomic mass is 16.4. The second-order valence-electron chi connectivity index (χ2n) is 6.90. The van der Waals surface area contributed by atoms with Gasteiger partial charge < -0.3 is 24.8 Å². The molecule has 3 heterocycles. The van der Waals surface area contributed by atoms with Crippen LogP contribution in [0.25, 0.3) is 0 Å². The van der Waals surface area contributed by atoms with Crippen LogP contribution in [0.4, 0.5) is 0 Å². The summed E-state index contributed by atoms with van der Waals surface area (Å²) in [5, 5.41) is 11.2. The molecule has 8 heteroatoms. The Labute approximate surface area is 152 Å². The number of fused-ring (bicyclic) bond motifs is 1. The average molecular weight is 362 g/mol. The number of carboxylic acids is 1. The topological polar surface area (TPSA) is 94.9 Å². The summed E-state index contributed by atoms with van der Waals surface area (Å²) in [4.78, 5) is 39.6. The van der Waals surface area contributed by atoms with E-state index in [2.05, 4.69) is 10.2 Å². The first-order chi connectivity index (χ1) is 12.5. The molecule has 3 rings (SSSR count). The molecule has 0 unspecified atom stereocenters. The lowest BCUT2D eigenvalue weighted by molar-refractivity contribution is -0.136. The molecule has 2 N–H and O–H groups in total. The highest BCUT2D eigenvalue weighted by Crippen LogP contribution is 2.17. The van der Waals surface area contributed by atoms with Crippen molar-refractivity contribution in [3.63, 3.8) is 0 Å². The van der Waals surface area contributed by atoms with Gasteiger partial charge in [0.1, 0.15) is 5.69 Å². The Bertz CT molecular complexity index is 679. The summed E-state index contributed by atoms with van der Waals surface area (Å²) < 4.78 is 1.81. The highest BCUT2D eigenvalue weighted by Gasteiger charge is 2.27. The molecule has 0 aliphatic carbocycles. The molecule has 1 aromatic rings. The minimum atomic E-state index is -0.957. The van der Waals surface area contributed by atoms with Crippen molar-refractivity contribution in [1.29, 1.82) is 0 Å². The maximum atomic E-state index is 12.7. The van der Waals surface area contributed by atoms with E-state index in [1.165, 1.54) is 19.3 Å². The number of nitrogens with one attached hydrogen (secondary N) is 1. The molecule has 2 aliphatic rings. The number of aromatic nitrogens is 1. The number of amides is 2. The largest absolute Gasteiger partial charge is 0.481 e. The molecule has 0 spiro atoms. The van der Waals surface area contributed by atoms with Crippen LogP contribution in [0.2, 0.25) is 0 Å². The zero-order valence-electron chi connectivity index (χ0n) is 14.9. The molecular formula is C18H26N4O4. The molecule has 0 radical (unpaired) electrons. The van der Waals surface area contributed by atoms with Gasteiger partial charge in [-0.3, -0.25) is 14.4 Å². The van der Waals surface area contributed by atoms with Crippen molar-refractivity contribution in [3.8, 4) is 0 Å². The van der Waals surface area contributed by atoms with Gasteiger partial charge in [0, 0.05) is 38.9 Å². The molecule has 1 saturated heterocycles. The van der Waals surface area contributed by atoms with E-state index in [0.717, 1.165) is 19.6 Å². The van der Waals surface area contributed by atoms with Crippen molar-refractivity contribution >= 4 is 17.8 Å². The van der Waals surface area contributed by atoms with Crippen molar-refractivity contribution in [2.24, 2.45) is 0 Å². The van der Waals surface area contributed by atoms with Gasteiger partial charge in [-0.05, 0) is 32.0 Å². The number of hydrogen-bond acceptors (Lipinski definition) is 4. The summed E-state index contributed by atoms with van der Waals surface area (Å²) in [6.07, 6.45) is 5.31. The molecule has 142 valence electrons. The average Bonchev–Trinajstić information content (AvgIpc) is 3.07. The Morgan fingerprint density at radius 1 is 1.08 bits per heavy atom. The van der Waals surface area contributed by atoms with E-state index < -0.39 is 5.97 Å². The molecule has 2 amide bonds. The fourth-order valence-corrected chi connectivity index (χ4v) is 3.53. The van der Waals surface area contributed by atoms with Gasteiger partial charge in [0.15, 0.2) is 0 Å². The van der Waals surface area contributed by atoms with E-state index in [1.54, 1.807) is 12.3 Å². The molecule has 1 fully saturated rings. The van der Waals surface area contributed by atoms with E-state index in [4.69, 9.17) is 5.11 Å². The Kier molecular flexibility index (Phi) is 5.92. The number of rotatable bonds is 7. The number of carbonyl (C=O) groups is 3. The van der Waals surface area contributed by atoms with Crippen molar-refractivity contribution in [2.75, 3.05) is 39.3 Å². The first kappa shape index (κ1) is 18.4. The van der Waals surface area contributed by atoms with E-state index in [0.29, 0.717) is 30.9 Å². The summed E-state index contributed by atoms with van der Waals surface area (Å²) in [5.74, 6) is -1.35. The van der Waals surface area contributed by atoms with Crippen LogP contribution in [-0.4, -0.2) is 76.5 Å². The maximum absolute atomic E-state index is 12.7. The first-order valence-electron chi connectivity index (χ1n) is 9.26. The van der Waals surface area contributed by atoms with Gasteiger partial charge in [0.2, 0.25) is 0 Å². The van der Waals surface area contributed by atoms with Crippen molar-refractivity contribution in [3.05, 3.63) is 23.5 Å². The predicted octanol–water partition coefficient (Wildman–Crippen LogP) is 0.634. The molecule has 26 heavy (non-hydrogen) atoms. The zero-order valence-corrected chi connectivity index (χ0v) is 14.9. The number of likely N-dealkylation sites (tertiary alicyclic amines) is 1. The maximum Gasteiger partial charge on any atom is 0.305 e. The van der Waals surface area contributed by atoms with Gasteiger partial charge in [-0.15, -0.1) is 0 Å². The number of hydrogen-bond donors (Lipinski definition) is 2. The summed E-state index contributed by atoms with van der Waals surface area (Å²) in [5.41, 5.74) is 0.926. The highest BCUT2D eigenvalue weighted by molar-refractivity contribution is 5.99. The Morgan fingerprint density at radius 3 is 2.58 bits per heavy atom. The van der Waals surface area contributed by atoms with Crippen LogP contribution in [0, 0.1) is 0 Å². The van der Waals surface area contributed by atoms with E-state index >= 15 is 0 Å². The minimum Gasteiger partial charge on any atom is -0.481 e. The van der Waals surface area contributed by atoms with Crippen LogP contribution >= 0.6 is 0 Å². The second kappa shape index (κ2) is 8.35. The fourth-order valence-electron chi connectivity index (χ4n) is 3.53. The first-order valence-corrected chi connectivity index (χ1v) is 9.26. The molecule has 0 saturated carbocycles. The van der Waals surface area contributed by atoms with Crippen LogP contribution in [0.15, 0.2) is 12.3 Å². The van der Waals surface area contributed by atoms with Gasteiger partial charge in [-0.2, -0.15) is 0 Å². The standard InChI is InChI=1S/C18H26N4O4/c23-16(24)4-5-19-17(25)14-12-15-18(26)21(10-11-22(15)13-14)9-8-20-6-2-1-3-7-20/h12-13H,1-11H2,(H,19,25)(H,23,24). The zero-order chi connectivity index (χ0) is 18.5. The van der Waals surface area contributed by atoms with Gasteiger partial charge in [0.05, 0.1) is 12.0 Å². The lowest BCUT2D eigenvalue weighted by Gasteiger charge is -2.32. The van der Waals surface area contributed by atoms with Crippen molar-refractivity contribution in [1.82, 2.24) is 19.7 Å². The Balaban J connectivity index is 1.56. The molecule has 1 aromatic heterocycles. The van der Waals surface area contributed by atoms with Gasteiger partial charge in [-0.25, -0.2) is 0 Å². The minimum absolute atomic E-state index is 0.0437. The Hall–Kier alpha value is -2.35. The van der Waals surface area contributed by atoms with Crippen LogP contribution in [0.1, 0.15) is 46.5 Å². The third-order valence-corrected chi connectivity index (χ3v) is 5.04. The van der Waals surface area contributed by atoms with Crippen LogP contribution in [0.5, 0.6) is 0 Å². The molecular weight excluding hydrogens is 336 g/mol. The number of nitrogens with zero attached hydrogens (tertiary/aromatic N) is 3. The van der Waals surface area contributed by atoms with Gasteiger partial charge >= 0.3 is 5.97 Å². The summed E-state index contributed by atoms with van der Waals surface area (Å²) in [7, 11) is 0. The number of piperidine rings is 1. The monoisotopic (exact) mass is 362 g/mol. The lowest BCUT2D eigenvalue weighted by Crippen LogP contribution is -2.44. The summed E-state index contributed by atoms with van der Waals surface area (Å²) in [6, 6.07) is 1.60. The van der Waals surface area contributed by atoms with Gasteiger partial charge in [0.25, 0.3) is 11.8 Å². The molecule has 2 aliphatic heterocycles. The Morgan fingerprint density at radius 2 is 1.85 bits per heavy atom. The van der Waals surface area contributed by atoms with Crippen LogP contribution < -0.4 is 5.32 Å². The van der Waals surface area contributed by atoms with Crippen LogP contribution in [0.3, 0.4) is 0 Å². The fraction of sp³-hybridized carbons (Fsp3) is 0.611. The number of aliphatic carboxylic acids is 1. The summed E-state index contributed by atoms with van der Waals surface area (Å²) in [6.45, 7) is 5.22. The molecule has 0 atom stereocenters. The van der Waals surface area contributed by atoms with Crippen molar-refractivity contribution in [2.45, 2.75) is 32.2 Å². The van der Waals surface area contributed by atoms with Crippen molar-refractivity contribution < 1.29 is 19.5 Å². The SMILES string of the molecule is O=C(O)CCNC(=O)c1cc2n(c1)CCN(CCN1CCCCC1)C2=O. The lowest BCUT2D eigenvalue weighted by atomic mass is 10.1. The third-order valence-electron chi connectivity index (χ3n) is 5.04. The third kappa shape index (κ3) is 4.43. The number of carboxylic acid groups (broad SMARTS) is 1. The molecule has 0 aromatic carbocycles. The second-order valence-corrected chi connectivity index (χ2v) is 6.90. The normalized spacial score (nSPS) is 17.8. The van der Waals surface area contributed by atoms with Gasteiger partial charge in [-0.1, -0.05) is 6.42 Å². The molecule has 8 nitrogen and oxygen atoms in total. The van der Waals surface area contributed by atoms with Crippen LogP contribution in [-0.2, 0) is 11.3 Å². The smallest absolute Gasteiger partial charge is 0.305 e. The number of carbonyl (C=O) groups excluding carboxylic acids is 2.